The summed E-state index contributed by atoms with van der Waals surface area (Å²) < 4.78 is 13.4. The molecule has 0 aliphatic heterocycles. The van der Waals surface area contributed by atoms with Crippen molar-refractivity contribution in [3.63, 3.8) is 0 Å². The maximum atomic E-state index is 13.4. The minimum absolute atomic E-state index is 0.329. The molecular weight excluding hydrogens is 253 g/mol. The molecule has 0 heterocycles. The first kappa shape index (κ1) is 14.5. The van der Waals surface area contributed by atoms with Crippen molar-refractivity contribution < 1.29 is 9.50 Å². The van der Waals surface area contributed by atoms with Crippen LogP contribution in [0, 0.1) is 12.7 Å². The van der Waals surface area contributed by atoms with Gasteiger partial charge in [0, 0.05) is 23.5 Å². The third-order valence-electron chi connectivity index (χ3n) is 3.39. The molecule has 0 aliphatic rings. The number of aryl methyl sites for hydroxylation is 1. The molecule has 106 valence electrons. The minimum atomic E-state index is -0.708. The Morgan fingerprint density at radius 1 is 1.15 bits per heavy atom. The van der Waals surface area contributed by atoms with Gasteiger partial charge >= 0.3 is 0 Å². The van der Waals surface area contributed by atoms with Crippen LogP contribution in [0.15, 0.2) is 42.5 Å². The van der Waals surface area contributed by atoms with E-state index in [-0.39, 0.29) is 5.82 Å². The van der Waals surface area contributed by atoms with E-state index in [4.69, 9.17) is 0 Å². The van der Waals surface area contributed by atoms with Crippen LogP contribution < -0.4 is 4.90 Å². The van der Waals surface area contributed by atoms with E-state index in [1.165, 1.54) is 17.7 Å². The van der Waals surface area contributed by atoms with Crippen LogP contribution in [0.2, 0.25) is 0 Å². The van der Waals surface area contributed by atoms with Crippen molar-refractivity contribution in [3.05, 3.63) is 59.4 Å². The summed E-state index contributed by atoms with van der Waals surface area (Å²) in [5.74, 6) is -0.329. The van der Waals surface area contributed by atoms with Crippen molar-refractivity contribution in [2.24, 2.45) is 0 Å². The molecule has 0 radical (unpaired) electrons. The van der Waals surface area contributed by atoms with Crippen molar-refractivity contribution in [1.82, 2.24) is 0 Å². The summed E-state index contributed by atoms with van der Waals surface area (Å²) in [6.07, 6.45) is -0.708. The van der Waals surface area contributed by atoms with Gasteiger partial charge in [0.1, 0.15) is 5.82 Å². The van der Waals surface area contributed by atoms with Crippen LogP contribution in [0.25, 0.3) is 0 Å². The van der Waals surface area contributed by atoms with Crippen LogP contribution in [-0.4, -0.2) is 11.7 Å². The van der Waals surface area contributed by atoms with Gasteiger partial charge in [-0.1, -0.05) is 17.7 Å². The summed E-state index contributed by atoms with van der Waals surface area (Å²) >= 11 is 0. The second-order valence-corrected chi connectivity index (χ2v) is 4.96. The number of hydrogen-bond acceptors (Lipinski definition) is 2. The molecule has 0 aliphatic carbocycles. The Morgan fingerprint density at radius 2 is 1.80 bits per heavy atom. The molecule has 2 aromatic carbocycles. The van der Waals surface area contributed by atoms with Gasteiger partial charge in [0.2, 0.25) is 0 Å². The molecule has 1 N–H and O–H groups in total. The third kappa shape index (κ3) is 2.99. The molecule has 3 heteroatoms. The van der Waals surface area contributed by atoms with E-state index in [0.717, 1.165) is 17.9 Å². The lowest BCUT2D eigenvalue weighted by atomic mass is 10.1. The Hall–Kier alpha value is -1.87. The first-order chi connectivity index (χ1) is 9.52. The molecule has 0 fully saturated rings. The molecule has 1 atom stereocenters. The smallest absolute Gasteiger partial charge is 0.123 e. The highest BCUT2D eigenvalue weighted by atomic mass is 19.1. The maximum Gasteiger partial charge on any atom is 0.123 e. The lowest BCUT2D eigenvalue weighted by Crippen LogP contribution is -2.18. The summed E-state index contributed by atoms with van der Waals surface area (Å²) in [4.78, 5) is 2.07. The second kappa shape index (κ2) is 6.06. The van der Waals surface area contributed by atoms with Crippen molar-refractivity contribution >= 4 is 11.4 Å². The van der Waals surface area contributed by atoms with Crippen molar-refractivity contribution in [2.75, 3.05) is 11.4 Å². The standard InChI is InChI=1S/C17H20FNO/c1-4-19(15-8-5-12(2)6-9-15)17-10-7-14(18)11-16(17)13(3)20/h5-11,13,20H,4H2,1-3H3/t13-/m0/s1. The van der Waals surface area contributed by atoms with Crippen molar-refractivity contribution in [1.29, 1.82) is 0 Å². The predicted molar refractivity (Wildman–Crippen MR) is 80.9 cm³/mol. The number of anilines is 2. The largest absolute Gasteiger partial charge is 0.389 e. The van der Waals surface area contributed by atoms with Gasteiger partial charge in [0.25, 0.3) is 0 Å². The number of hydrogen-bond donors (Lipinski definition) is 1. The van der Waals surface area contributed by atoms with E-state index in [9.17, 15) is 9.50 Å². The van der Waals surface area contributed by atoms with Crippen LogP contribution in [0.4, 0.5) is 15.8 Å². The zero-order valence-corrected chi connectivity index (χ0v) is 12.1. The highest BCUT2D eigenvalue weighted by Gasteiger charge is 2.15. The first-order valence-electron chi connectivity index (χ1n) is 6.84. The molecule has 0 unspecified atom stereocenters. The van der Waals surface area contributed by atoms with Crippen LogP contribution in [-0.2, 0) is 0 Å². The molecule has 0 aromatic heterocycles. The normalized spacial score (nSPS) is 12.2. The molecule has 2 nitrogen and oxygen atoms in total. The molecule has 20 heavy (non-hydrogen) atoms. The SMILES string of the molecule is CCN(c1ccc(C)cc1)c1ccc(F)cc1[C@H](C)O. The average molecular weight is 273 g/mol. The van der Waals surface area contributed by atoms with Crippen LogP contribution in [0.1, 0.15) is 31.1 Å². The lowest BCUT2D eigenvalue weighted by molar-refractivity contribution is 0.199. The molecular formula is C17H20FNO. The number of halogens is 1. The van der Waals surface area contributed by atoms with E-state index in [0.29, 0.717) is 5.56 Å². The summed E-state index contributed by atoms with van der Waals surface area (Å²) in [5.41, 5.74) is 3.67. The van der Waals surface area contributed by atoms with E-state index < -0.39 is 6.10 Å². The number of aliphatic hydroxyl groups excluding tert-OH is 1. The maximum absolute atomic E-state index is 13.4. The van der Waals surface area contributed by atoms with E-state index >= 15 is 0 Å². The number of benzene rings is 2. The first-order valence-corrected chi connectivity index (χ1v) is 6.84. The molecule has 2 rings (SSSR count). The van der Waals surface area contributed by atoms with Gasteiger partial charge in [-0.3, -0.25) is 0 Å². The molecule has 0 bridgehead atoms. The van der Waals surface area contributed by atoms with Gasteiger partial charge in [0.15, 0.2) is 0 Å². The van der Waals surface area contributed by atoms with Gasteiger partial charge in [-0.2, -0.15) is 0 Å². The van der Waals surface area contributed by atoms with E-state index in [1.807, 2.05) is 38.1 Å². The zero-order valence-electron chi connectivity index (χ0n) is 12.1. The topological polar surface area (TPSA) is 23.5 Å². The molecule has 0 saturated carbocycles. The fourth-order valence-electron chi connectivity index (χ4n) is 2.32. The second-order valence-electron chi connectivity index (χ2n) is 4.96. The quantitative estimate of drug-likeness (QED) is 0.895. The Labute approximate surface area is 119 Å². The van der Waals surface area contributed by atoms with Gasteiger partial charge in [-0.15, -0.1) is 0 Å². The van der Waals surface area contributed by atoms with Gasteiger partial charge < -0.3 is 10.0 Å². The highest BCUT2D eigenvalue weighted by molar-refractivity contribution is 5.67. The highest BCUT2D eigenvalue weighted by Crippen LogP contribution is 2.32. The Morgan fingerprint density at radius 3 is 2.35 bits per heavy atom. The Bertz CT molecular complexity index is 578. The fourth-order valence-corrected chi connectivity index (χ4v) is 2.32. The third-order valence-corrected chi connectivity index (χ3v) is 3.39. The summed E-state index contributed by atoms with van der Waals surface area (Å²) in [7, 11) is 0. The molecule has 0 saturated heterocycles. The fraction of sp³-hybridized carbons (Fsp3) is 0.294. The van der Waals surface area contributed by atoms with Gasteiger partial charge in [-0.05, 0) is 51.1 Å². The van der Waals surface area contributed by atoms with Crippen LogP contribution in [0.3, 0.4) is 0 Å². The lowest BCUT2D eigenvalue weighted by Gasteiger charge is -2.27. The Balaban J connectivity index is 2.49. The number of aliphatic hydroxyl groups is 1. The van der Waals surface area contributed by atoms with E-state index in [2.05, 4.69) is 4.90 Å². The van der Waals surface area contributed by atoms with Crippen LogP contribution >= 0.6 is 0 Å². The monoisotopic (exact) mass is 273 g/mol. The molecule has 0 amide bonds. The Kier molecular flexibility index (Phi) is 4.40. The number of rotatable bonds is 4. The summed E-state index contributed by atoms with van der Waals surface area (Å²) in [6, 6.07) is 12.7. The van der Waals surface area contributed by atoms with E-state index in [1.54, 1.807) is 13.0 Å². The van der Waals surface area contributed by atoms with Crippen molar-refractivity contribution in [3.8, 4) is 0 Å². The zero-order chi connectivity index (χ0) is 14.7. The number of nitrogens with zero attached hydrogens (tertiary/aromatic N) is 1. The molecule has 0 spiro atoms. The van der Waals surface area contributed by atoms with Crippen molar-refractivity contribution in [2.45, 2.75) is 26.9 Å². The van der Waals surface area contributed by atoms with Gasteiger partial charge in [0.05, 0.1) is 6.10 Å². The average Bonchev–Trinajstić information content (AvgIpc) is 2.43. The summed E-state index contributed by atoms with van der Waals surface area (Å²) in [5, 5.41) is 9.87. The van der Waals surface area contributed by atoms with Crippen LogP contribution in [0.5, 0.6) is 0 Å². The predicted octanol–water partition coefficient (Wildman–Crippen LogP) is 4.35. The molecule has 2 aromatic rings. The summed E-state index contributed by atoms with van der Waals surface area (Å²) in [6.45, 7) is 6.48. The van der Waals surface area contributed by atoms with Gasteiger partial charge in [-0.25, -0.2) is 4.39 Å². The minimum Gasteiger partial charge on any atom is -0.389 e.